The molecule has 0 aliphatic carbocycles. The van der Waals surface area contributed by atoms with E-state index in [1.54, 1.807) is 40.8 Å². The number of halogens is 4. The number of amides is 1. The number of nitrogens with zero attached hydrogens (tertiary/aromatic N) is 4. The van der Waals surface area contributed by atoms with Crippen molar-refractivity contribution in [3.63, 3.8) is 0 Å². The lowest BCUT2D eigenvalue weighted by Gasteiger charge is -2.20. The van der Waals surface area contributed by atoms with Gasteiger partial charge in [-0.2, -0.15) is 23.3 Å². The Morgan fingerprint density at radius 2 is 1.67 bits per heavy atom. The lowest BCUT2D eigenvalue weighted by atomic mass is 10.1. The number of aromatic nitrogens is 4. The van der Waals surface area contributed by atoms with Crippen LogP contribution in [0, 0.1) is 5.82 Å². The van der Waals surface area contributed by atoms with E-state index in [0.29, 0.717) is 11.3 Å². The molecule has 0 fully saturated rings. The van der Waals surface area contributed by atoms with Gasteiger partial charge in [0.1, 0.15) is 17.2 Å². The van der Waals surface area contributed by atoms with Crippen LogP contribution in [0.15, 0.2) is 61.1 Å². The fraction of sp³-hybridized carbons (Fsp3) is 0.310. The highest BCUT2D eigenvalue weighted by Gasteiger charge is 2.30. The first kappa shape index (κ1) is 31.2. The molecule has 0 aliphatic rings. The first-order valence-electron chi connectivity index (χ1n) is 13.1. The second-order valence-corrected chi connectivity index (χ2v) is 11.3. The zero-order valence-corrected chi connectivity index (χ0v) is 24.0. The summed E-state index contributed by atoms with van der Waals surface area (Å²) in [6.07, 6.45) is -0.762. The summed E-state index contributed by atoms with van der Waals surface area (Å²) in [5.41, 5.74) is -1.34. The van der Waals surface area contributed by atoms with E-state index in [1.165, 1.54) is 41.3 Å². The number of ether oxygens (including phenoxy) is 1. The van der Waals surface area contributed by atoms with E-state index in [0.717, 1.165) is 18.2 Å². The number of hydrogen-bond donors (Lipinski definition) is 4. The van der Waals surface area contributed by atoms with Gasteiger partial charge in [-0.3, -0.25) is 10.00 Å². The predicted molar refractivity (Wildman–Crippen MR) is 154 cm³/mol. The lowest BCUT2D eigenvalue weighted by molar-refractivity contribution is -0.137. The van der Waals surface area contributed by atoms with Gasteiger partial charge in [-0.05, 0) is 70.5 Å². The normalized spacial score (nSPS) is 12.1. The third-order valence-corrected chi connectivity index (χ3v) is 5.62. The smallest absolute Gasteiger partial charge is 0.416 e. The number of nitrogens with one attached hydrogen (secondary N) is 3. The maximum absolute atomic E-state index is 14.9. The Labute approximate surface area is 245 Å². The van der Waals surface area contributed by atoms with Gasteiger partial charge in [0.2, 0.25) is 5.95 Å². The monoisotopic (exact) mass is 601 g/mol. The molecule has 0 aliphatic heterocycles. The number of aliphatic hydroxyl groups is 1. The summed E-state index contributed by atoms with van der Waals surface area (Å²) in [6.45, 7) is 8.60. The number of anilines is 5. The van der Waals surface area contributed by atoms with Crippen LogP contribution in [0.2, 0.25) is 0 Å². The van der Waals surface area contributed by atoms with Crippen molar-refractivity contribution >= 4 is 34.9 Å². The Hall–Kier alpha value is -4.72. The Kier molecular flexibility index (Phi) is 8.62. The minimum absolute atomic E-state index is 0.0643. The van der Waals surface area contributed by atoms with Crippen LogP contribution < -0.4 is 16.0 Å². The number of rotatable bonds is 8. The second-order valence-electron chi connectivity index (χ2n) is 11.3. The van der Waals surface area contributed by atoms with Crippen molar-refractivity contribution < 1.29 is 32.2 Å². The number of alkyl halides is 3. The number of hydrogen-bond acceptors (Lipinski definition) is 8. The Balaban J connectivity index is 1.68. The van der Waals surface area contributed by atoms with Crippen molar-refractivity contribution in [1.29, 1.82) is 0 Å². The van der Waals surface area contributed by atoms with Crippen LogP contribution in [-0.2, 0) is 17.5 Å². The summed E-state index contributed by atoms with van der Waals surface area (Å²) < 4.78 is 61.2. The molecule has 4 rings (SSSR count). The highest BCUT2D eigenvalue weighted by molar-refractivity contribution is 5.86. The molecular formula is C29H31F4N7O3. The molecule has 0 saturated heterocycles. The first-order valence-corrected chi connectivity index (χ1v) is 13.1. The van der Waals surface area contributed by atoms with Crippen LogP contribution in [-0.4, -0.2) is 42.2 Å². The molecule has 43 heavy (non-hydrogen) atoms. The van der Waals surface area contributed by atoms with Crippen LogP contribution >= 0.6 is 0 Å². The highest BCUT2D eigenvalue weighted by atomic mass is 19.4. The van der Waals surface area contributed by atoms with Crippen LogP contribution in [0.25, 0.3) is 11.1 Å². The van der Waals surface area contributed by atoms with Crippen molar-refractivity contribution in [3.8, 4) is 11.1 Å². The first-order chi connectivity index (χ1) is 19.9. The summed E-state index contributed by atoms with van der Waals surface area (Å²) in [4.78, 5) is 21.0. The van der Waals surface area contributed by atoms with E-state index in [9.17, 15) is 27.5 Å². The van der Waals surface area contributed by atoms with E-state index < -0.39 is 34.9 Å². The number of carbonyl (C=O) groups is 1. The molecule has 2 aromatic carbocycles. The third-order valence-electron chi connectivity index (χ3n) is 5.62. The molecule has 1 amide bonds. The van der Waals surface area contributed by atoms with Crippen molar-refractivity contribution in [2.75, 3.05) is 16.0 Å². The fourth-order valence-electron chi connectivity index (χ4n) is 3.88. The molecule has 0 radical (unpaired) electrons. The summed E-state index contributed by atoms with van der Waals surface area (Å²) in [5.74, 6) is -0.548. The molecule has 0 atom stereocenters. The van der Waals surface area contributed by atoms with Crippen LogP contribution in [0.5, 0.6) is 0 Å². The van der Waals surface area contributed by atoms with Gasteiger partial charge in [0.15, 0.2) is 0 Å². The van der Waals surface area contributed by atoms with Crippen molar-refractivity contribution in [2.24, 2.45) is 0 Å². The summed E-state index contributed by atoms with van der Waals surface area (Å²) in [6, 6.07) is 8.17. The average Bonchev–Trinajstić information content (AvgIpc) is 3.29. The van der Waals surface area contributed by atoms with Crippen molar-refractivity contribution in [3.05, 3.63) is 72.4 Å². The van der Waals surface area contributed by atoms with Gasteiger partial charge in [0.05, 0.1) is 35.3 Å². The lowest BCUT2D eigenvalue weighted by Crippen LogP contribution is -2.27. The van der Waals surface area contributed by atoms with E-state index in [2.05, 4.69) is 31.0 Å². The average molecular weight is 602 g/mol. The maximum Gasteiger partial charge on any atom is 0.416 e. The molecule has 10 nitrogen and oxygen atoms in total. The second kappa shape index (κ2) is 11.9. The van der Waals surface area contributed by atoms with Crippen molar-refractivity contribution in [2.45, 2.75) is 58.5 Å². The van der Waals surface area contributed by atoms with Gasteiger partial charge >= 0.3 is 12.3 Å². The Bertz CT molecular complexity index is 1590. The van der Waals surface area contributed by atoms with E-state index >= 15 is 0 Å². The van der Waals surface area contributed by atoms with Gasteiger partial charge < -0.3 is 20.5 Å². The molecule has 4 N–H and O–H groups in total. The molecule has 14 heteroatoms. The Morgan fingerprint density at radius 3 is 2.30 bits per heavy atom. The van der Waals surface area contributed by atoms with Gasteiger partial charge in [0, 0.05) is 23.6 Å². The standard InChI is InChI=1S/C29H31F4N7O3/c1-27(2,3)43-26(41)37-19-10-11-22(30)23(12-19)38-24-21(17-6-8-18(9-7-17)29(31,32)33)14-34-25(39-24)36-20-13-35-40(15-20)16-28(4,5)42/h6-15,42H,16H2,1-5H3,(H,37,41)(H2,34,36,38,39). The van der Waals surface area contributed by atoms with Crippen LogP contribution in [0.1, 0.15) is 40.2 Å². The minimum Gasteiger partial charge on any atom is -0.444 e. The summed E-state index contributed by atoms with van der Waals surface area (Å²) >= 11 is 0. The van der Waals surface area contributed by atoms with Gasteiger partial charge in [-0.15, -0.1) is 0 Å². The molecule has 4 aromatic rings. The van der Waals surface area contributed by atoms with Crippen LogP contribution in [0.3, 0.4) is 0 Å². The van der Waals surface area contributed by atoms with Crippen LogP contribution in [0.4, 0.5) is 51.2 Å². The molecule has 2 aromatic heterocycles. The van der Waals surface area contributed by atoms with E-state index in [4.69, 9.17) is 4.74 Å². The molecule has 228 valence electrons. The SMILES string of the molecule is CC(C)(O)Cn1cc(Nc2ncc(-c3ccc(C(F)(F)F)cc3)c(Nc3cc(NC(=O)OC(C)(C)C)ccc3F)n2)cn1. The van der Waals surface area contributed by atoms with Crippen molar-refractivity contribution in [1.82, 2.24) is 19.7 Å². The summed E-state index contributed by atoms with van der Waals surface area (Å²) in [7, 11) is 0. The molecule has 0 unspecified atom stereocenters. The highest BCUT2D eigenvalue weighted by Crippen LogP contribution is 2.35. The molecule has 0 saturated carbocycles. The fourth-order valence-corrected chi connectivity index (χ4v) is 3.88. The predicted octanol–water partition coefficient (Wildman–Crippen LogP) is 7.10. The van der Waals surface area contributed by atoms with E-state index in [-0.39, 0.29) is 35.2 Å². The molecule has 0 spiro atoms. The zero-order valence-electron chi connectivity index (χ0n) is 24.0. The van der Waals surface area contributed by atoms with Gasteiger partial charge in [-0.1, -0.05) is 12.1 Å². The maximum atomic E-state index is 14.9. The number of carbonyl (C=O) groups excluding carboxylic acids is 1. The zero-order chi connectivity index (χ0) is 31.6. The Morgan fingerprint density at radius 1 is 0.977 bits per heavy atom. The largest absolute Gasteiger partial charge is 0.444 e. The summed E-state index contributed by atoms with van der Waals surface area (Å²) in [5, 5.41) is 22.6. The molecule has 0 bridgehead atoms. The topological polar surface area (TPSA) is 126 Å². The molecule has 2 heterocycles. The van der Waals surface area contributed by atoms with E-state index in [1.807, 2.05) is 0 Å². The quantitative estimate of drug-likeness (QED) is 0.158. The van der Waals surface area contributed by atoms with Gasteiger partial charge in [-0.25, -0.2) is 14.2 Å². The number of benzene rings is 2. The minimum atomic E-state index is -4.52. The molecular weight excluding hydrogens is 570 g/mol. The third kappa shape index (κ3) is 8.88. The van der Waals surface area contributed by atoms with Gasteiger partial charge in [0.25, 0.3) is 0 Å².